The summed E-state index contributed by atoms with van der Waals surface area (Å²) in [6.07, 6.45) is 8.89. The van der Waals surface area contributed by atoms with Crippen molar-refractivity contribution in [2.75, 3.05) is 13.1 Å². The van der Waals surface area contributed by atoms with E-state index in [-0.39, 0.29) is 5.97 Å². The van der Waals surface area contributed by atoms with Gasteiger partial charge in [-0.05, 0) is 38.8 Å². The van der Waals surface area contributed by atoms with Crippen molar-refractivity contribution in [2.24, 2.45) is 0 Å². The monoisotopic (exact) mass is 254 g/mol. The van der Waals surface area contributed by atoms with Crippen LogP contribution in [0.2, 0.25) is 0 Å². The van der Waals surface area contributed by atoms with Crippen LogP contribution in [0.25, 0.3) is 0 Å². The lowest BCUT2D eigenvalue weighted by Gasteiger charge is -2.39. The third-order valence-corrected chi connectivity index (χ3v) is 4.10. The predicted octanol–water partition coefficient (Wildman–Crippen LogP) is 2.24. The Morgan fingerprint density at radius 2 is 1.72 bits per heavy atom. The Kier molecular flexibility index (Phi) is 5.45. The van der Waals surface area contributed by atoms with E-state index in [0.717, 1.165) is 25.9 Å². The van der Waals surface area contributed by atoms with E-state index in [2.05, 4.69) is 10.4 Å². The van der Waals surface area contributed by atoms with Gasteiger partial charge in [-0.1, -0.05) is 26.2 Å². The van der Waals surface area contributed by atoms with Crippen LogP contribution in [0.4, 0.5) is 0 Å². The van der Waals surface area contributed by atoms with E-state index in [0.29, 0.717) is 18.5 Å². The first-order chi connectivity index (χ1) is 8.81. The van der Waals surface area contributed by atoms with Gasteiger partial charge in [0.05, 0.1) is 0 Å². The van der Waals surface area contributed by atoms with E-state index in [1.807, 2.05) is 6.92 Å². The van der Waals surface area contributed by atoms with Crippen molar-refractivity contribution in [3.63, 3.8) is 0 Å². The first kappa shape index (κ1) is 13.8. The number of hydrogen-bond acceptors (Lipinski definition) is 4. The minimum atomic E-state index is -0.0842. The lowest BCUT2D eigenvalue weighted by Crippen LogP contribution is -2.49. The minimum absolute atomic E-state index is 0.0842. The lowest BCUT2D eigenvalue weighted by molar-refractivity contribution is -0.222. The molecule has 2 rings (SSSR count). The van der Waals surface area contributed by atoms with Gasteiger partial charge in [-0.25, -0.2) is 0 Å². The predicted molar refractivity (Wildman–Crippen MR) is 71.0 cm³/mol. The molecule has 0 spiro atoms. The number of carbonyl (C=O) groups is 1. The van der Waals surface area contributed by atoms with Gasteiger partial charge < -0.3 is 10.2 Å². The number of nitrogens with zero attached hydrogens (tertiary/aromatic N) is 1. The van der Waals surface area contributed by atoms with Crippen LogP contribution in [0.3, 0.4) is 0 Å². The second-order valence-electron chi connectivity index (χ2n) is 5.45. The molecule has 0 aromatic heterocycles. The van der Waals surface area contributed by atoms with Crippen molar-refractivity contribution in [3.8, 4) is 0 Å². The largest absolute Gasteiger partial charge is 0.367 e. The first-order valence-corrected chi connectivity index (χ1v) is 7.51. The third kappa shape index (κ3) is 3.69. The van der Waals surface area contributed by atoms with Crippen molar-refractivity contribution < 1.29 is 9.63 Å². The van der Waals surface area contributed by atoms with Gasteiger partial charge in [0.15, 0.2) is 0 Å². The van der Waals surface area contributed by atoms with Gasteiger partial charge in [0.2, 0.25) is 0 Å². The van der Waals surface area contributed by atoms with Gasteiger partial charge in [0.25, 0.3) is 0 Å². The summed E-state index contributed by atoms with van der Waals surface area (Å²) in [6.45, 7) is 3.94. The van der Waals surface area contributed by atoms with E-state index in [4.69, 9.17) is 4.84 Å². The SMILES string of the molecule is CCC(=O)ON(C1CCCCC1)C1CCNCC1. The van der Waals surface area contributed by atoms with E-state index >= 15 is 0 Å². The summed E-state index contributed by atoms with van der Waals surface area (Å²) >= 11 is 0. The van der Waals surface area contributed by atoms with Crippen LogP contribution in [-0.4, -0.2) is 36.2 Å². The highest BCUT2D eigenvalue weighted by molar-refractivity contribution is 5.68. The quantitative estimate of drug-likeness (QED) is 0.781. The summed E-state index contributed by atoms with van der Waals surface area (Å²) in [5, 5.41) is 5.43. The first-order valence-electron chi connectivity index (χ1n) is 7.51. The zero-order valence-electron chi connectivity index (χ0n) is 11.5. The number of piperidine rings is 1. The molecule has 104 valence electrons. The molecule has 0 aromatic carbocycles. The molecule has 0 atom stereocenters. The van der Waals surface area contributed by atoms with Crippen molar-refractivity contribution in [1.82, 2.24) is 10.4 Å². The normalized spacial score (nSPS) is 23.2. The van der Waals surface area contributed by atoms with Gasteiger partial charge in [-0.15, -0.1) is 5.06 Å². The molecule has 2 fully saturated rings. The summed E-state index contributed by atoms with van der Waals surface area (Å²) < 4.78 is 0. The molecule has 18 heavy (non-hydrogen) atoms. The summed E-state index contributed by atoms with van der Waals surface area (Å²) in [7, 11) is 0. The summed E-state index contributed by atoms with van der Waals surface area (Å²) in [4.78, 5) is 17.3. The molecular weight excluding hydrogens is 228 g/mol. The van der Waals surface area contributed by atoms with Crippen LogP contribution in [0.15, 0.2) is 0 Å². The number of rotatable bonds is 4. The third-order valence-electron chi connectivity index (χ3n) is 4.10. The fourth-order valence-corrected chi connectivity index (χ4v) is 3.03. The fourth-order valence-electron chi connectivity index (χ4n) is 3.03. The molecule has 2 aliphatic rings. The van der Waals surface area contributed by atoms with E-state index in [1.165, 1.54) is 32.1 Å². The van der Waals surface area contributed by atoms with Crippen LogP contribution < -0.4 is 5.32 Å². The van der Waals surface area contributed by atoms with Crippen molar-refractivity contribution >= 4 is 5.97 Å². The number of hydroxylamine groups is 2. The van der Waals surface area contributed by atoms with Gasteiger partial charge in [0.1, 0.15) is 0 Å². The molecular formula is C14H26N2O2. The maximum Gasteiger partial charge on any atom is 0.324 e. The average Bonchev–Trinajstić information content (AvgIpc) is 2.46. The Labute approximate surface area is 110 Å². The highest BCUT2D eigenvalue weighted by Crippen LogP contribution is 2.27. The molecule has 0 aromatic rings. The van der Waals surface area contributed by atoms with Crippen LogP contribution in [0.5, 0.6) is 0 Å². The molecule has 1 saturated carbocycles. The molecule has 4 heteroatoms. The van der Waals surface area contributed by atoms with Gasteiger partial charge in [0, 0.05) is 18.5 Å². The second kappa shape index (κ2) is 7.10. The van der Waals surface area contributed by atoms with Gasteiger partial charge in [-0.3, -0.25) is 4.79 Å². The standard InChI is InChI=1S/C14H26N2O2/c1-2-14(17)18-16(12-6-4-3-5-7-12)13-8-10-15-11-9-13/h12-13,15H,2-11H2,1H3. The maximum absolute atomic E-state index is 11.6. The molecule has 1 saturated heterocycles. The Balaban J connectivity index is 1.97. The fraction of sp³-hybridized carbons (Fsp3) is 0.929. The summed E-state index contributed by atoms with van der Waals surface area (Å²) in [5.41, 5.74) is 0. The molecule has 0 unspecified atom stereocenters. The Morgan fingerprint density at radius 1 is 1.11 bits per heavy atom. The van der Waals surface area contributed by atoms with Gasteiger partial charge in [-0.2, -0.15) is 0 Å². The average molecular weight is 254 g/mol. The summed E-state index contributed by atoms with van der Waals surface area (Å²) in [6, 6.07) is 0.877. The Bertz CT molecular complexity index is 241. The van der Waals surface area contributed by atoms with E-state index < -0.39 is 0 Å². The second-order valence-corrected chi connectivity index (χ2v) is 5.45. The van der Waals surface area contributed by atoms with Crippen molar-refractivity contribution in [3.05, 3.63) is 0 Å². The zero-order valence-corrected chi connectivity index (χ0v) is 11.5. The van der Waals surface area contributed by atoms with Crippen LogP contribution >= 0.6 is 0 Å². The number of nitrogens with one attached hydrogen (secondary N) is 1. The lowest BCUT2D eigenvalue weighted by atomic mass is 9.93. The Morgan fingerprint density at radius 3 is 2.33 bits per heavy atom. The van der Waals surface area contributed by atoms with Crippen LogP contribution in [-0.2, 0) is 9.63 Å². The van der Waals surface area contributed by atoms with Crippen LogP contribution in [0, 0.1) is 0 Å². The zero-order chi connectivity index (χ0) is 12.8. The van der Waals surface area contributed by atoms with Crippen molar-refractivity contribution in [1.29, 1.82) is 0 Å². The smallest absolute Gasteiger partial charge is 0.324 e. The highest BCUT2D eigenvalue weighted by atomic mass is 16.7. The maximum atomic E-state index is 11.6. The molecule has 1 N–H and O–H groups in total. The molecule has 1 aliphatic carbocycles. The molecule has 0 radical (unpaired) electrons. The summed E-state index contributed by atoms with van der Waals surface area (Å²) in [5.74, 6) is -0.0842. The molecule has 4 nitrogen and oxygen atoms in total. The van der Waals surface area contributed by atoms with Crippen LogP contribution in [0.1, 0.15) is 58.3 Å². The number of carbonyl (C=O) groups excluding carboxylic acids is 1. The molecule has 0 bridgehead atoms. The highest BCUT2D eigenvalue weighted by Gasteiger charge is 2.31. The van der Waals surface area contributed by atoms with Gasteiger partial charge >= 0.3 is 5.97 Å². The molecule has 1 aliphatic heterocycles. The molecule has 1 heterocycles. The minimum Gasteiger partial charge on any atom is -0.367 e. The molecule has 0 amide bonds. The van der Waals surface area contributed by atoms with Crippen molar-refractivity contribution in [2.45, 2.75) is 70.4 Å². The topological polar surface area (TPSA) is 41.6 Å². The number of hydrogen-bond donors (Lipinski definition) is 1. The Hall–Kier alpha value is -0.610. The van der Waals surface area contributed by atoms with E-state index in [9.17, 15) is 4.79 Å². The van der Waals surface area contributed by atoms with E-state index in [1.54, 1.807) is 0 Å².